The smallest absolute Gasteiger partial charge is 0.288 e. The van der Waals surface area contributed by atoms with Crippen molar-refractivity contribution in [1.29, 1.82) is 0 Å². The van der Waals surface area contributed by atoms with Crippen molar-refractivity contribution in [1.82, 2.24) is 14.7 Å². The Morgan fingerprint density at radius 3 is 2.43 bits per heavy atom. The second kappa shape index (κ2) is 8.91. The zero-order chi connectivity index (χ0) is 25.0. The van der Waals surface area contributed by atoms with Crippen LogP contribution in [0.1, 0.15) is 80.0 Å². The van der Waals surface area contributed by atoms with Gasteiger partial charge in [-0.15, -0.1) is 0 Å². The maximum atomic E-state index is 14.5. The van der Waals surface area contributed by atoms with Crippen LogP contribution >= 0.6 is 11.6 Å². The number of imidazole rings is 1. The molecule has 35 heavy (non-hydrogen) atoms. The number of fused-ring (bicyclic) bond motifs is 1. The molecular weight excluding hydrogens is 486 g/mol. The molecule has 2 aromatic heterocycles. The Balaban J connectivity index is 1.37. The quantitative estimate of drug-likeness (QED) is 0.485. The Hall–Kier alpha value is -1.87. The van der Waals surface area contributed by atoms with Crippen molar-refractivity contribution < 1.29 is 27.1 Å². The van der Waals surface area contributed by atoms with Crippen LogP contribution in [-0.4, -0.2) is 40.5 Å². The van der Waals surface area contributed by atoms with Crippen molar-refractivity contribution in [3.05, 3.63) is 34.2 Å². The summed E-state index contributed by atoms with van der Waals surface area (Å²) in [7, 11) is 0. The minimum Gasteiger partial charge on any atom is -0.380 e. The van der Waals surface area contributed by atoms with Gasteiger partial charge in [0.2, 0.25) is 5.92 Å². The molecule has 3 heterocycles. The van der Waals surface area contributed by atoms with Gasteiger partial charge in [0.1, 0.15) is 11.3 Å². The van der Waals surface area contributed by atoms with E-state index in [2.05, 4.69) is 10.3 Å². The fourth-order valence-electron chi connectivity index (χ4n) is 5.73. The lowest BCUT2D eigenvalue weighted by Gasteiger charge is -2.46. The van der Waals surface area contributed by atoms with Crippen molar-refractivity contribution >= 4 is 23.2 Å². The van der Waals surface area contributed by atoms with Crippen LogP contribution in [0.3, 0.4) is 0 Å². The van der Waals surface area contributed by atoms with E-state index in [1.807, 2.05) is 0 Å². The highest BCUT2D eigenvalue weighted by atomic mass is 35.5. The molecule has 192 valence electrons. The monoisotopic (exact) mass is 515 g/mol. The van der Waals surface area contributed by atoms with Crippen molar-refractivity contribution in [2.75, 3.05) is 13.2 Å². The SMILES string of the molecule is CC(F)(F)c1nc2cc(C(=O)NC3CCC4(CC3)COC4)c(Cl)cn2c1CC1CCC(F)(F)CC1. The van der Waals surface area contributed by atoms with Gasteiger partial charge >= 0.3 is 0 Å². The number of ether oxygens (including phenoxy) is 1. The van der Waals surface area contributed by atoms with E-state index in [0.717, 1.165) is 45.8 Å². The van der Waals surface area contributed by atoms with Crippen LogP contribution in [0.5, 0.6) is 0 Å². The minimum absolute atomic E-state index is 0.0243. The maximum Gasteiger partial charge on any atom is 0.288 e. The summed E-state index contributed by atoms with van der Waals surface area (Å²) in [4.78, 5) is 17.2. The summed E-state index contributed by atoms with van der Waals surface area (Å²) in [5, 5.41) is 3.17. The van der Waals surface area contributed by atoms with Crippen molar-refractivity contribution in [2.45, 2.75) is 82.6 Å². The first-order chi connectivity index (χ1) is 16.4. The molecule has 10 heteroatoms. The van der Waals surface area contributed by atoms with E-state index < -0.39 is 17.5 Å². The first kappa shape index (κ1) is 24.8. The zero-order valence-electron chi connectivity index (χ0n) is 19.7. The van der Waals surface area contributed by atoms with E-state index in [1.165, 1.54) is 16.7 Å². The Labute approximate surface area is 206 Å². The molecule has 0 aromatic carbocycles. The van der Waals surface area contributed by atoms with Gasteiger partial charge in [-0.25, -0.2) is 13.8 Å². The highest BCUT2D eigenvalue weighted by Gasteiger charge is 2.42. The van der Waals surface area contributed by atoms with Crippen LogP contribution in [0.4, 0.5) is 17.6 Å². The Morgan fingerprint density at radius 2 is 1.86 bits per heavy atom. The summed E-state index contributed by atoms with van der Waals surface area (Å²) in [5.74, 6) is -6.41. The molecule has 1 amide bonds. The molecule has 1 aliphatic heterocycles. The van der Waals surface area contributed by atoms with Gasteiger partial charge in [0.05, 0.1) is 29.5 Å². The van der Waals surface area contributed by atoms with Gasteiger partial charge in [-0.1, -0.05) is 11.6 Å². The molecule has 0 unspecified atom stereocenters. The lowest BCUT2D eigenvalue weighted by molar-refractivity contribution is -0.133. The zero-order valence-corrected chi connectivity index (χ0v) is 20.4. The number of amides is 1. The Morgan fingerprint density at radius 1 is 1.20 bits per heavy atom. The Kier molecular flexibility index (Phi) is 6.31. The van der Waals surface area contributed by atoms with Crippen LogP contribution in [0, 0.1) is 11.3 Å². The lowest BCUT2D eigenvalue weighted by atomic mass is 9.71. The van der Waals surface area contributed by atoms with Gasteiger partial charge in [0.15, 0.2) is 0 Å². The van der Waals surface area contributed by atoms with Crippen LogP contribution in [0.25, 0.3) is 5.65 Å². The number of halogens is 5. The van der Waals surface area contributed by atoms with Gasteiger partial charge in [-0.05, 0) is 56.9 Å². The van der Waals surface area contributed by atoms with Crippen LogP contribution < -0.4 is 5.32 Å². The maximum absolute atomic E-state index is 14.5. The predicted molar refractivity (Wildman–Crippen MR) is 123 cm³/mol. The number of carbonyl (C=O) groups excluding carboxylic acids is 1. The molecule has 2 saturated carbocycles. The fourth-order valence-corrected chi connectivity index (χ4v) is 5.97. The number of carbonyl (C=O) groups is 1. The highest BCUT2D eigenvalue weighted by Crippen LogP contribution is 2.42. The molecule has 0 bridgehead atoms. The van der Waals surface area contributed by atoms with Gasteiger partial charge < -0.3 is 14.5 Å². The molecule has 3 aliphatic rings. The second-order valence-corrected chi connectivity index (χ2v) is 11.2. The first-order valence-corrected chi connectivity index (χ1v) is 12.7. The number of rotatable bonds is 5. The summed E-state index contributed by atoms with van der Waals surface area (Å²) >= 11 is 6.46. The number of hydrogen-bond donors (Lipinski definition) is 1. The largest absolute Gasteiger partial charge is 0.380 e. The third kappa shape index (κ3) is 5.03. The molecule has 2 aromatic rings. The molecular formula is C25H30ClF4N3O2. The number of pyridine rings is 1. The normalized spacial score (nSPS) is 22.9. The number of nitrogens with one attached hydrogen (secondary N) is 1. The van der Waals surface area contributed by atoms with Crippen molar-refractivity contribution in [3.63, 3.8) is 0 Å². The molecule has 2 aliphatic carbocycles. The highest BCUT2D eigenvalue weighted by molar-refractivity contribution is 6.33. The summed E-state index contributed by atoms with van der Waals surface area (Å²) in [6.45, 7) is 2.34. The molecule has 3 fully saturated rings. The molecule has 0 atom stereocenters. The van der Waals surface area contributed by atoms with E-state index in [-0.39, 0.29) is 77.3 Å². The third-order valence-electron chi connectivity index (χ3n) is 7.99. The average Bonchev–Trinajstić information content (AvgIpc) is 3.12. The van der Waals surface area contributed by atoms with Gasteiger partial charge in [-0.3, -0.25) is 4.79 Å². The lowest BCUT2D eigenvalue weighted by Crippen LogP contribution is -2.49. The van der Waals surface area contributed by atoms with E-state index in [9.17, 15) is 22.4 Å². The standard InChI is InChI=1S/C25H30ClF4N3O2/c1-23(27,28)21-19(10-15-2-8-25(29,30)9-3-15)33-12-18(26)17(11-20(33)32-21)22(34)31-16-4-6-24(7-5-16)13-35-14-24/h11-12,15-16H,2-10,13-14H2,1H3,(H,31,34). The number of nitrogens with zero attached hydrogens (tertiary/aromatic N) is 2. The number of hydrogen-bond acceptors (Lipinski definition) is 3. The van der Waals surface area contributed by atoms with Gasteiger partial charge in [0.25, 0.3) is 11.8 Å². The first-order valence-electron chi connectivity index (χ1n) is 12.3. The molecule has 5 rings (SSSR count). The van der Waals surface area contributed by atoms with Crippen molar-refractivity contribution in [2.24, 2.45) is 11.3 Å². The van der Waals surface area contributed by atoms with Crippen LogP contribution in [0.15, 0.2) is 12.3 Å². The second-order valence-electron chi connectivity index (χ2n) is 10.8. The van der Waals surface area contributed by atoms with E-state index in [4.69, 9.17) is 16.3 Å². The number of aromatic nitrogens is 2. The molecule has 1 saturated heterocycles. The average molecular weight is 516 g/mol. The molecule has 1 N–H and O–H groups in total. The topological polar surface area (TPSA) is 55.6 Å². The van der Waals surface area contributed by atoms with Crippen LogP contribution in [0.2, 0.25) is 5.02 Å². The fraction of sp³-hybridized carbons (Fsp3) is 0.680. The summed E-state index contributed by atoms with van der Waals surface area (Å²) in [5.41, 5.74) is 0.508. The molecule has 5 nitrogen and oxygen atoms in total. The summed E-state index contributed by atoms with van der Waals surface area (Å²) in [6.07, 6.45) is 5.39. The van der Waals surface area contributed by atoms with Crippen LogP contribution in [-0.2, 0) is 17.1 Å². The van der Waals surface area contributed by atoms with E-state index in [1.54, 1.807) is 0 Å². The minimum atomic E-state index is -3.22. The number of alkyl halides is 4. The summed E-state index contributed by atoms with van der Waals surface area (Å²) < 4.78 is 63.0. The Bertz CT molecular complexity index is 1110. The molecule has 1 spiro atoms. The van der Waals surface area contributed by atoms with E-state index in [0.29, 0.717) is 0 Å². The molecule has 0 radical (unpaired) electrons. The van der Waals surface area contributed by atoms with E-state index >= 15 is 0 Å². The predicted octanol–water partition coefficient (Wildman–Crippen LogP) is 6.16. The third-order valence-corrected chi connectivity index (χ3v) is 8.29. The van der Waals surface area contributed by atoms with Gasteiger partial charge in [0, 0.05) is 37.4 Å². The van der Waals surface area contributed by atoms with Crippen molar-refractivity contribution in [3.8, 4) is 0 Å². The summed E-state index contributed by atoms with van der Waals surface area (Å²) in [6, 6.07) is 1.46. The van der Waals surface area contributed by atoms with Gasteiger partial charge in [-0.2, -0.15) is 8.78 Å².